The molecule has 0 radical (unpaired) electrons. The molecule has 9 nitrogen and oxygen atoms in total. The SMILES string of the molecule is CC(C)Cc1noc(Cn2c(Br)nc3c(=O)n(C)c(=O)n(C)c32)n1. The molecule has 3 aromatic rings. The highest BCUT2D eigenvalue weighted by molar-refractivity contribution is 9.10. The van der Waals surface area contributed by atoms with E-state index in [4.69, 9.17) is 4.52 Å². The lowest BCUT2D eigenvalue weighted by molar-refractivity contribution is 0.364. The second-order valence-corrected chi connectivity index (χ2v) is 6.76. The molecule has 0 aliphatic rings. The lowest BCUT2D eigenvalue weighted by Gasteiger charge is -2.07. The predicted molar refractivity (Wildman–Crippen MR) is 89.9 cm³/mol. The number of aromatic nitrogens is 6. The van der Waals surface area contributed by atoms with Crippen molar-refractivity contribution in [1.29, 1.82) is 0 Å². The maximum absolute atomic E-state index is 12.2. The summed E-state index contributed by atoms with van der Waals surface area (Å²) >= 11 is 3.33. The molecule has 0 unspecified atom stereocenters. The Kier molecular flexibility index (Phi) is 4.16. The van der Waals surface area contributed by atoms with Gasteiger partial charge in [-0.15, -0.1) is 0 Å². The fourth-order valence-electron chi connectivity index (χ4n) is 2.54. The van der Waals surface area contributed by atoms with Crippen LogP contribution in [0.1, 0.15) is 25.6 Å². The van der Waals surface area contributed by atoms with Crippen molar-refractivity contribution in [3.05, 3.63) is 37.3 Å². The third-order valence-electron chi connectivity index (χ3n) is 3.69. The number of hydrogen-bond donors (Lipinski definition) is 0. The highest BCUT2D eigenvalue weighted by Crippen LogP contribution is 2.18. The molecule has 0 fully saturated rings. The molecule has 128 valence electrons. The van der Waals surface area contributed by atoms with Crippen LogP contribution in [0.15, 0.2) is 18.8 Å². The van der Waals surface area contributed by atoms with Gasteiger partial charge in [0, 0.05) is 20.5 Å². The van der Waals surface area contributed by atoms with Crippen molar-refractivity contribution in [2.24, 2.45) is 20.0 Å². The van der Waals surface area contributed by atoms with Gasteiger partial charge in [-0.05, 0) is 21.8 Å². The molecule has 0 saturated heterocycles. The van der Waals surface area contributed by atoms with Gasteiger partial charge in [0.25, 0.3) is 5.56 Å². The average molecular weight is 397 g/mol. The highest BCUT2D eigenvalue weighted by atomic mass is 79.9. The Morgan fingerprint density at radius 1 is 1.17 bits per heavy atom. The fourth-order valence-corrected chi connectivity index (χ4v) is 3.01. The summed E-state index contributed by atoms with van der Waals surface area (Å²) in [5.74, 6) is 1.43. The van der Waals surface area contributed by atoms with Gasteiger partial charge in [0.15, 0.2) is 21.7 Å². The van der Waals surface area contributed by atoms with E-state index in [0.29, 0.717) is 34.4 Å². The zero-order valence-corrected chi connectivity index (χ0v) is 15.4. The number of imidazole rings is 1. The minimum atomic E-state index is -0.446. The zero-order chi connectivity index (χ0) is 17.6. The van der Waals surface area contributed by atoms with Crippen LogP contribution in [-0.4, -0.2) is 28.8 Å². The first kappa shape index (κ1) is 16.6. The van der Waals surface area contributed by atoms with Crippen LogP contribution in [0.25, 0.3) is 11.2 Å². The summed E-state index contributed by atoms with van der Waals surface area (Å²) < 4.78 is 9.74. The summed E-state index contributed by atoms with van der Waals surface area (Å²) in [5, 5.41) is 3.95. The Bertz CT molecular complexity index is 1030. The number of nitrogens with zero attached hydrogens (tertiary/aromatic N) is 6. The number of fused-ring (bicyclic) bond motifs is 1. The van der Waals surface area contributed by atoms with Gasteiger partial charge in [-0.2, -0.15) is 4.98 Å². The Balaban J connectivity index is 2.10. The van der Waals surface area contributed by atoms with E-state index in [9.17, 15) is 9.59 Å². The summed E-state index contributed by atoms with van der Waals surface area (Å²) in [6.07, 6.45) is 0.717. The molecule has 3 heterocycles. The minimum Gasteiger partial charge on any atom is -0.337 e. The first-order valence-electron chi connectivity index (χ1n) is 7.42. The standard InChI is InChI=1S/C14H17BrN6O3/c1-7(2)5-8-16-9(24-18-8)6-21-11-10(17-13(21)15)12(22)20(4)14(23)19(11)3/h7H,5-6H2,1-4H3. The second-order valence-electron chi connectivity index (χ2n) is 6.05. The molecule has 0 aliphatic carbocycles. The van der Waals surface area contributed by atoms with E-state index in [0.717, 1.165) is 4.57 Å². The molecule has 0 spiro atoms. The Morgan fingerprint density at radius 2 is 1.88 bits per heavy atom. The van der Waals surface area contributed by atoms with Gasteiger partial charge in [-0.3, -0.25) is 18.5 Å². The fraction of sp³-hybridized carbons (Fsp3) is 0.500. The van der Waals surface area contributed by atoms with Crippen molar-refractivity contribution in [3.8, 4) is 0 Å². The Morgan fingerprint density at radius 3 is 2.54 bits per heavy atom. The van der Waals surface area contributed by atoms with E-state index in [-0.39, 0.29) is 12.1 Å². The molecule has 0 aromatic carbocycles. The van der Waals surface area contributed by atoms with Crippen molar-refractivity contribution in [2.75, 3.05) is 0 Å². The molecule has 3 rings (SSSR count). The molecule has 0 saturated carbocycles. The van der Waals surface area contributed by atoms with Gasteiger partial charge in [-0.1, -0.05) is 19.0 Å². The Labute approximate surface area is 145 Å². The molecule has 10 heteroatoms. The van der Waals surface area contributed by atoms with Gasteiger partial charge in [0.1, 0.15) is 6.54 Å². The average Bonchev–Trinajstić information content (AvgIpc) is 3.08. The van der Waals surface area contributed by atoms with Gasteiger partial charge in [0.2, 0.25) is 5.89 Å². The predicted octanol–water partition coefficient (Wildman–Crippen LogP) is 0.826. The second kappa shape index (κ2) is 6.00. The summed E-state index contributed by atoms with van der Waals surface area (Å²) in [4.78, 5) is 33.0. The Hall–Kier alpha value is -2.23. The van der Waals surface area contributed by atoms with Crippen LogP contribution in [0.5, 0.6) is 0 Å². The van der Waals surface area contributed by atoms with Gasteiger partial charge < -0.3 is 4.52 Å². The molecule has 0 N–H and O–H groups in total. The van der Waals surface area contributed by atoms with Crippen LogP contribution in [0, 0.1) is 5.92 Å². The molecular formula is C14H17BrN6O3. The third kappa shape index (κ3) is 2.70. The molecule has 3 aromatic heterocycles. The maximum atomic E-state index is 12.2. The van der Waals surface area contributed by atoms with Gasteiger partial charge in [0.05, 0.1) is 0 Å². The highest BCUT2D eigenvalue weighted by Gasteiger charge is 2.19. The molecule has 24 heavy (non-hydrogen) atoms. The van der Waals surface area contributed by atoms with E-state index in [1.54, 1.807) is 11.6 Å². The van der Waals surface area contributed by atoms with E-state index in [1.165, 1.54) is 11.6 Å². The van der Waals surface area contributed by atoms with Crippen molar-refractivity contribution in [3.63, 3.8) is 0 Å². The van der Waals surface area contributed by atoms with Crippen LogP contribution in [0.3, 0.4) is 0 Å². The summed E-state index contributed by atoms with van der Waals surface area (Å²) in [6, 6.07) is 0. The number of hydrogen-bond acceptors (Lipinski definition) is 6. The quantitative estimate of drug-likeness (QED) is 0.605. The normalized spacial score (nSPS) is 11.8. The molecule has 0 atom stereocenters. The van der Waals surface area contributed by atoms with E-state index in [1.807, 2.05) is 0 Å². The number of halogens is 1. The summed E-state index contributed by atoms with van der Waals surface area (Å²) in [7, 11) is 3.01. The van der Waals surface area contributed by atoms with Crippen LogP contribution < -0.4 is 11.2 Å². The monoisotopic (exact) mass is 396 g/mol. The van der Waals surface area contributed by atoms with Crippen LogP contribution in [0.4, 0.5) is 0 Å². The number of aryl methyl sites for hydroxylation is 1. The van der Waals surface area contributed by atoms with Crippen molar-refractivity contribution >= 4 is 27.1 Å². The zero-order valence-electron chi connectivity index (χ0n) is 13.8. The van der Waals surface area contributed by atoms with Crippen molar-refractivity contribution in [2.45, 2.75) is 26.8 Å². The van der Waals surface area contributed by atoms with Crippen LogP contribution >= 0.6 is 15.9 Å². The molecular weight excluding hydrogens is 380 g/mol. The van der Waals surface area contributed by atoms with Crippen molar-refractivity contribution < 1.29 is 4.52 Å². The lowest BCUT2D eigenvalue weighted by Crippen LogP contribution is -2.37. The van der Waals surface area contributed by atoms with Crippen LogP contribution in [0.2, 0.25) is 0 Å². The van der Waals surface area contributed by atoms with E-state index in [2.05, 4.69) is 44.9 Å². The maximum Gasteiger partial charge on any atom is 0.332 e. The molecule has 0 aliphatic heterocycles. The minimum absolute atomic E-state index is 0.202. The largest absolute Gasteiger partial charge is 0.337 e. The van der Waals surface area contributed by atoms with Gasteiger partial charge >= 0.3 is 5.69 Å². The van der Waals surface area contributed by atoms with Gasteiger partial charge in [-0.25, -0.2) is 9.78 Å². The van der Waals surface area contributed by atoms with Crippen LogP contribution in [-0.2, 0) is 27.1 Å². The first-order chi connectivity index (χ1) is 11.3. The molecule has 0 amide bonds. The lowest BCUT2D eigenvalue weighted by atomic mass is 10.1. The topological polar surface area (TPSA) is 101 Å². The number of rotatable bonds is 4. The summed E-state index contributed by atoms with van der Waals surface area (Å²) in [6.45, 7) is 4.35. The van der Waals surface area contributed by atoms with E-state index < -0.39 is 11.2 Å². The first-order valence-corrected chi connectivity index (χ1v) is 8.22. The smallest absolute Gasteiger partial charge is 0.332 e. The summed E-state index contributed by atoms with van der Waals surface area (Å²) in [5.41, 5.74) is -0.266. The van der Waals surface area contributed by atoms with E-state index >= 15 is 0 Å². The van der Waals surface area contributed by atoms with Crippen molar-refractivity contribution in [1.82, 2.24) is 28.8 Å². The third-order valence-corrected chi connectivity index (χ3v) is 4.29. The molecule has 0 bridgehead atoms.